The van der Waals surface area contributed by atoms with Gasteiger partial charge in [0, 0.05) is 6.04 Å². The lowest BCUT2D eigenvalue weighted by atomic mass is 9.93. The van der Waals surface area contributed by atoms with E-state index in [0.29, 0.717) is 0 Å². The molecule has 0 heterocycles. The molecule has 0 aromatic heterocycles. The number of halogens is 3. The smallest absolute Gasteiger partial charge is 0.411 e. The minimum absolute atomic E-state index is 0.0304. The van der Waals surface area contributed by atoms with Crippen LogP contribution in [0.4, 0.5) is 13.2 Å². The van der Waals surface area contributed by atoms with Crippen molar-refractivity contribution < 1.29 is 27.4 Å². The second-order valence-corrected chi connectivity index (χ2v) is 5.37. The molecule has 1 N–H and O–H groups in total. The zero-order valence-electron chi connectivity index (χ0n) is 12.0. The molecule has 0 saturated heterocycles. The van der Waals surface area contributed by atoms with Gasteiger partial charge in [0.2, 0.25) is 0 Å². The Morgan fingerprint density at radius 2 is 1.90 bits per heavy atom. The second-order valence-electron chi connectivity index (χ2n) is 5.37. The van der Waals surface area contributed by atoms with Gasteiger partial charge in [-0.3, -0.25) is 5.32 Å². The Labute approximate surface area is 117 Å². The zero-order chi connectivity index (χ0) is 15.4. The van der Waals surface area contributed by atoms with Gasteiger partial charge in [-0.2, -0.15) is 13.2 Å². The number of nitrogens with one attached hydrogen (secondary N) is 1. The van der Waals surface area contributed by atoms with Crippen LogP contribution in [-0.4, -0.2) is 43.5 Å². The second kappa shape index (κ2) is 6.76. The van der Waals surface area contributed by atoms with Crippen molar-refractivity contribution in [1.82, 2.24) is 5.32 Å². The van der Waals surface area contributed by atoms with Gasteiger partial charge in [-0.15, -0.1) is 0 Å². The van der Waals surface area contributed by atoms with Crippen LogP contribution in [0.1, 0.15) is 33.6 Å². The molecular weight excluding hydrogens is 275 g/mol. The number of ether oxygens (including phenoxy) is 2. The zero-order valence-corrected chi connectivity index (χ0v) is 12.0. The number of alkyl halides is 3. The van der Waals surface area contributed by atoms with E-state index in [9.17, 15) is 18.0 Å². The SMILES string of the molecule is CCOC(=O)C(COCC(F)(F)F)(NC(C)C)C1CC1. The number of carbonyl (C=O) groups is 1. The fourth-order valence-corrected chi connectivity index (χ4v) is 2.24. The first-order valence-electron chi connectivity index (χ1n) is 6.80. The Morgan fingerprint density at radius 3 is 2.30 bits per heavy atom. The van der Waals surface area contributed by atoms with Gasteiger partial charge < -0.3 is 9.47 Å². The van der Waals surface area contributed by atoms with Crippen LogP contribution in [0, 0.1) is 5.92 Å². The monoisotopic (exact) mass is 297 g/mol. The van der Waals surface area contributed by atoms with Crippen LogP contribution >= 0.6 is 0 Å². The van der Waals surface area contributed by atoms with Crippen molar-refractivity contribution in [2.24, 2.45) is 5.92 Å². The van der Waals surface area contributed by atoms with E-state index in [2.05, 4.69) is 5.32 Å². The molecule has 1 aliphatic carbocycles. The molecule has 0 radical (unpaired) electrons. The van der Waals surface area contributed by atoms with Crippen LogP contribution < -0.4 is 5.32 Å². The Morgan fingerprint density at radius 1 is 1.30 bits per heavy atom. The molecule has 0 aromatic rings. The van der Waals surface area contributed by atoms with Crippen molar-refractivity contribution in [3.05, 3.63) is 0 Å². The van der Waals surface area contributed by atoms with E-state index in [1.165, 1.54) is 0 Å². The summed E-state index contributed by atoms with van der Waals surface area (Å²) < 4.78 is 46.4. The fraction of sp³-hybridized carbons (Fsp3) is 0.923. The van der Waals surface area contributed by atoms with Crippen LogP contribution in [0.15, 0.2) is 0 Å². The van der Waals surface area contributed by atoms with Gasteiger partial charge in [-0.1, -0.05) is 0 Å². The predicted molar refractivity (Wildman–Crippen MR) is 67.2 cm³/mol. The Kier molecular flexibility index (Phi) is 5.82. The molecule has 1 atom stereocenters. The highest BCUT2D eigenvalue weighted by atomic mass is 19.4. The molecule has 0 aromatic carbocycles. The van der Waals surface area contributed by atoms with Gasteiger partial charge in [0.1, 0.15) is 12.1 Å². The molecule has 20 heavy (non-hydrogen) atoms. The maximum atomic E-state index is 12.2. The maximum Gasteiger partial charge on any atom is 0.411 e. The Hall–Kier alpha value is -0.820. The molecule has 0 bridgehead atoms. The van der Waals surface area contributed by atoms with Crippen molar-refractivity contribution in [2.45, 2.75) is 51.4 Å². The highest BCUT2D eigenvalue weighted by molar-refractivity contribution is 5.82. The summed E-state index contributed by atoms with van der Waals surface area (Å²) >= 11 is 0. The van der Waals surface area contributed by atoms with Crippen molar-refractivity contribution in [2.75, 3.05) is 19.8 Å². The summed E-state index contributed by atoms with van der Waals surface area (Å²) in [6, 6.07) is -0.0607. The van der Waals surface area contributed by atoms with E-state index in [0.717, 1.165) is 12.8 Å². The maximum absolute atomic E-state index is 12.2. The third-order valence-corrected chi connectivity index (χ3v) is 3.06. The topological polar surface area (TPSA) is 47.6 Å². The lowest BCUT2D eigenvalue weighted by Crippen LogP contribution is -2.60. The molecule has 7 heteroatoms. The average Bonchev–Trinajstić information content (AvgIpc) is 3.09. The number of hydrogen-bond donors (Lipinski definition) is 1. The molecule has 1 aliphatic rings. The van der Waals surface area contributed by atoms with E-state index in [1.54, 1.807) is 6.92 Å². The molecule has 4 nitrogen and oxygen atoms in total. The van der Waals surface area contributed by atoms with E-state index in [-0.39, 0.29) is 25.2 Å². The standard InChI is InChI=1S/C13H22F3NO3/c1-4-20-11(18)12(10-5-6-10,17-9(2)3)7-19-8-13(14,15)16/h9-10,17H,4-8H2,1-3H3. The summed E-state index contributed by atoms with van der Waals surface area (Å²) in [5, 5.41) is 3.06. The largest absolute Gasteiger partial charge is 0.465 e. The van der Waals surface area contributed by atoms with Gasteiger partial charge in [0.15, 0.2) is 0 Å². The molecule has 1 rings (SSSR count). The Bertz CT molecular complexity index is 329. The summed E-state index contributed by atoms with van der Waals surface area (Å²) in [5.41, 5.74) is -1.17. The van der Waals surface area contributed by atoms with Crippen molar-refractivity contribution in [1.29, 1.82) is 0 Å². The average molecular weight is 297 g/mol. The summed E-state index contributed by atoms with van der Waals surface area (Å²) in [4.78, 5) is 12.2. The summed E-state index contributed by atoms with van der Waals surface area (Å²) in [6.45, 7) is 3.84. The van der Waals surface area contributed by atoms with E-state index in [4.69, 9.17) is 9.47 Å². The molecule has 0 aliphatic heterocycles. The highest BCUT2D eigenvalue weighted by Crippen LogP contribution is 2.41. The summed E-state index contributed by atoms with van der Waals surface area (Å²) in [7, 11) is 0. The van der Waals surface area contributed by atoms with Gasteiger partial charge >= 0.3 is 12.1 Å². The van der Waals surface area contributed by atoms with Gasteiger partial charge in [0.05, 0.1) is 13.2 Å². The molecule has 1 unspecified atom stereocenters. The summed E-state index contributed by atoms with van der Waals surface area (Å²) in [5.74, 6) is -0.560. The minimum atomic E-state index is -4.40. The molecule has 1 saturated carbocycles. The lowest BCUT2D eigenvalue weighted by Gasteiger charge is -2.34. The van der Waals surface area contributed by atoms with Crippen LogP contribution in [0.2, 0.25) is 0 Å². The first kappa shape index (κ1) is 17.2. The number of rotatable bonds is 8. The Balaban J connectivity index is 2.78. The first-order valence-corrected chi connectivity index (χ1v) is 6.80. The van der Waals surface area contributed by atoms with Crippen LogP contribution in [0.5, 0.6) is 0 Å². The number of esters is 1. The molecular formula is C13H22F3NO3. The van der Waals surface area contributed by atoms with Crippen LogP contribution in [0.3, 0.4) is 0 Å². The number of carbonyl (C=O) groups excluding carboxylic acids is 1. The fourth-order valence-electron chi connectivity index (χ4n) is 2.24. The van der Waals surface area contributed by atoms with Crippen molar-refractivity contribution in [3.63, 3.8) is 0 Å². The molecule has 1 fully saturated rings. The van der Waals surface area contributed by atoms with Crippen molar-refractivity contribution >= 4 is 5.97 Å². The first-order chi connectivity index (χ1) is 9.21. The van der Waals surface area contributed by atoms with Crippen LogP contribution in [-0.2, 0) is 14.3 Å². The molecule has 118 valence electrons. The quantitative estimate of drug-likeness (QED) is 0.698. The van der Waals surface area contributed by atoms with Crippen LogP contribution in [0.25, 0.3) is 0 Å². The lowest BCUT2D eigenvalue weighted by molar-refractivity contribution is -0.185. The summed E-state index contributed by atoms with van der Waals surface area (Å²) in [6.07, 6.45) is -2.83. The normalized spacial score (nSPS) is 18.9. The third kappa shape index (κ3) is 4.94. The van der Waals surface area contributed by atoms with Crippen molar-refractivity contribution in [3.8, 4) is 0 Å². The van der Waals surface area contributed by atoms with Gasteiger partial charge in [-0.25, -0.2) is 4.79 Å². The predicted octanol–water partition coefficient (Wildman–Crippen LogP) is 2.28. The molecule has 0 amide bonds. The van der Waals surface area contributed by atoms with E-state index >= 15 is 0 Å². The highest BCUT2D eigenvalue weighted by Gasteiger charge is 2.53. The number of hydrogen-bond acceptors (Lipinski definition) is 4. The third-order valence-electron chi connectivity index (χ3n) is 3.06. The molecule has 0 spiro atoms. The van der Waals surface area contributed by atoms with Gasteiger partial charge in [0.25, 0.3) is 0 Å². The van der Waals surface area contributed by atoms with E-state index < -0.39 is 24.3 Å². The van der Waals surface area contributed by atoms with Gasteiger partial charge in [-0.05, 0) is 39.5 Å². The van der Waals surface area contributed by atoms with E-state index in [1.807, 2.05) is 13.8 Å². The minimum Gasteiger partial charge on any atom is -0.465 e.